The molecule has 1 aliphatic rings. The summed E-state index contributed by atoms with van der Waals surface area (Å²) < 4.78 is 33.0. The molecule has 118 valence electrons. The minimum Gasteiger partial charge on any atom is -0.744 e. The first-order valence-corrected chi connectivity index (χ1v) is 9.04. The molecule has 0 aromatic heterocycles. The molecule has 0 aliphatic carbocycles. The molecule has 0 bridgehead atoms. The molecular formula is C15H23KN2O3S. The Labute approximate surface area is 175 Å². The van der Waals surface area contributed by atoms with E-state index in [1.54, 1.807) is 6.07 Å². The van der Waals surface area contributed by atoms with Gasteiger partial charge in [-0.2, -0.15) is 0 Å². The Morgan fingerprint density at radius 3 is 2.36 bits per heavy atom. The number of anilines is 2. The van der Waals surface area contributed by atoms with E-state index < -0.39 is 10.1 Å². The normalized spacial score (nSPS) is 16.4. The third kappa shape index (κ3) is 6.11. The molecule has 1 aromatic rings. The van der Waals surface area contributed by atoms with Crippen molar-refractivity contribution < 1.29 is 64.4 Å². The minimum absolute atomic E-state index is 0. The van der Waals surface area contributed by atoms with Gasteiger partial charge < -0.3 is 15.2 Å². The van der Waals surface area contributed by atoms with Crippen LogP contribution in [-0.4, -0.2) is 19.1 Å². The zero-order chi connectivity index (χ0) is 15.3. The van der Waals surface area contributed by atoms with Gasteiger partial charge in [0.2, 0.25) is 0 Å². The van der Waals surface area contributed by atoms with Gasteiger partial charge in [-0.05, 0) is 31.0 Å². The molecule has 5 nitrogen and oxygen atoms in total. The van der Waals surface area contributed by atoms with Crippen LogP contribution in [0.1, 0.15) is 51.9 Å². The van der Waals surface area contributed by atoms with E-state index in [9.17, 15) is 13.0 Å². The smallest absolute Gasteiger partial charge is 0.744 e. The van der Waals surface area contributed by atoms with Crippen molar-refractivity contribution in [3.05, 3.63) is 18.2 Å². The van der Waals surface area contributed by atoms with Gasteiger partial charge in [0.25, 0.3) is 0 Å². The zero-order valence-electron chi connectivity index (χ0n) is 13.4. The van der Waals surface area contributed by atoms with Crippen LogP contribution in [0, 0.1) is 0 Å². The molecule has 1 aromatic carbocycles. The maximum atomic E-state index is 11.0. The first-order chi connectivity index (χ1) is 10.0. The number of hydrogen-bond acceptors (Lipinski definition) is 5. The van der Waals surface area contributed by atoms with E-state index in [1.165, 1.54) is 44.2 Å². The second kappa shape index (κ2) is 9.61. The Morgan fingerprint density at radius 1 is 1.05 bits per heavy atom. The van der Waals surface area contributed by atoms with Gasteiger partial charge in [0.05, 0.1) is 22.4 Å². The predicted octanol–water partition coefficient (Wildman–Crippen LogP) is 0.509. The molecule has 0 amide bonds. The molecular weight excluding hydrogens is 327 g/mol. The van der Waals surface area contributed by atoms with Crippen molar-refractivity contribution in [2.75, 3.05) is 10.6 Å². The summed E-state index contributed by atoms with van der Waals surface area (Å²) in [6.45, 7) is 2.21. The molecule has 2 rings (SSSR count). The molecule has 1 heterocycles. The number of benzene rings is 1. The Bertz CT molecular complexity index is 578. The fourth-order valence-electron chi connectivity index (χ4n) is 2.61. The summed E-state index contributed by atoms with van der Waals surface area (Å²) in [5.41, 5.74) is 1.56. The summed E-state index contributed by atoms with van der Waals surface area (Å²) in [7, 11) is -4.39. The molecule has 0 saturated carbocycles. The molecule has 0 fully saturated rings. The maximum Gasteiger partial charge on any atom is 1.00 e. The molecule has 1 atom stereocenters. The van der Waals surface area contributed by atoms with Crippen LogP contribution in [0.5, 0.6) is 0 Å². The largest absolute Gasteiger partial charge is 1.00 e. The van der Waals surface area contributed by atoms with E-state index in [0.29, 0.717) is 5.69 Å². The number of rotatable bonds is 8. The first kappa shape index (κ1) is 20.4. The van der Waals surface area contributed by atoms with Gasteiger partial charge in [0, 0.05) is 0 Å². The van der Waals surface area contributed by atoms with E-state index in [1.807, 2.05) is 0 Å². The molecule has 1 aliphatic heterocycles. The SMILES string of the molecule is CCCCCCCCC1Nc2ccc(S(=O)(=O)[O-])cc2N1.[K+]. The third-order valence-corrected chi connectivity index (χ3v) is 4.62. The Morgan fingerprint density at radius 2 is 1.68 bits per heavy atom. The third-order valence-electron chi connectivity index (χ3n) is 3.79. The standard InChI is InChI=1S/C15H24N2O3S.K/c1-2-3-4-5-6-7-8-15-16-13-10-9-12(21(18,19)20)11-14(13)17-15;/h9-11,15-17H,2-8H2,1H3,(H,18,19,20);/q;+1/p-1. The summed E-state index contributed by atoms with van der Waals surface area (Å²) in [5, 5.41) is 6.54. The van der Waals surface area contributed by atoms with Gasteiger partial charge in [-0.1, -0.05) is 39.0 Å². The molecule has 1 unspecified atom stereocenters. The summed E-state index contributed by atoms with van der Waals surface area (Å²) in [4.78, 5) is -0.184. The second-order valence-corrected chi connectivity index (χ2v) is 6.94. The van der Waals surface area contributed by atoms with Crippen molar-refractivity contribution in [3.63, 3.8) is 0 Å². The fraction of sp³-hybridized carbons (Fsp3) is 0.600. The number of fused-ring (bicyclic) bond motifs is 1. The topological polar surface area (TPSA) is 81.3 Å². The van der Waals surface area contributed by atoms with Crippen LogP contribution in [0.3, 0.4) is 0 Å². The van der Waals surface area contributed by atoms with Crippen molar-refractivity contribution >= 4 is 21.5 Å². The molecule has 22 heavy (non-hydrogen) atoms. The van der Waals surface area contributed by atoms with Gasteiger partial charge in [-0.15, -0.1) is 0 Å². The van der Waals surface area contributed by atoms with E-state index in [2.05, 4.69) is 17.6 Å². The number of unbranched alkanes of at least 4 members (excludes halogenated alkanes) is 5. The van der Waals surface area contributed by atoms with E-state index in [-0.39, 0.29) is 62.4 Å². The van der Waals surface area contributed by atoms with Crippen molar-refractivity contribution in [1.82, 2.24) is 0 Å². The van der Waals surface area contributed by atoms with Crippen LogP contribution in [0.2, 0.25) is 0 Å². The average Bonchev–Trinajstić information content (AvgIpc) is 2.83. The summed E-state index contributed by atoms with van der Waals surface area (Å²) >= 11 is 0. The van der Waals surface area contributed by atoms with Crippen LogP contribution in [0.25, 0.3) is 0 Å². The van der Waals surface area contributed by atoms with Crippen LogP contribution in [-0.2, 0) is 10.1 Å². The van der Waals surface area contributed by atoms with E-state index in [0.717, 1.165) is 18.5 Å². The van der Waals surface area contributed by atoms with E-state index >= 15 is 0 Å². The first-order valence-electron chi connectivity index (χ1n) is 7.63. The van der Waals surface area contributed by atoms with Crippen LogP contribution in [0.4, 0.5) is 11.4 Å². The van der Waals surface area contributed by atoms with Gasteiger partial charge in [0.1, 0.15) is 10.1 Å². The predicted molar refractivity (Wildman–Crippen MR) is 83.4 cm³/mol. The van der Waals surface area contributed by atoms with Gasteiger partial charge >= 0.3 is 51.4 Å². The summed E-state index contributed by atoms with van der Waals surface area (Å²) in [6, 6.07) is 4.41. The van der Waals surface area contributed by atoms with Crippen molar-refractivity contribution in [2.24, 2.45) is 0 Å². The summed E-state index contributed by atoms with van der Waals surface area (Å²) in [5.74, 6) is 0. The zero-order valence-corrected chi connectivity index (χ0v) is 17.3. The van der Waals surface area contributed by atoms with Crippen LogP contribution < -0.4 is 62.0 Å². The van der Waals surface area contributed by atoms with Crippen molar-refractivity contribution in [1.29, 1.82) is 0 Å². The molecule has 0 saturated heterocycles. The Balaban J connectivity index is 0.00000242. The number of hydrogen-bond donors (Lipinski definition) is 2. The second-order valence-electron chi connectivity index (χ2n) is 5.56. The molecule has 0 radical (unpaired) electrons. The van der Waals surface area contributed by atoms with Gasteiger partial charge in [0.15, 0.2) is 0 Å². The molecule has 7 heteroatoms. The van der Waals surface area contributed by atoms with Crippen molar-refractivity contribution in [3.8, 4) is 0 Å². The minimum atomic E-state index is -4.39. The molecule has 0 spiro atoms. The number of nitrogens with one attached hydrogen (secondary N) is 2. The van der Waals surface area contributed by atoms with Gasteiger partial charge in [-0.3, -0.25) is 0 Å². The van der Waals surface area contributed by atoms with Crippen LogP contribution in [0.15, 0.2) is 23.1 Å². The quantitative estimate of drug-likeness (QED) is 0.406. The monoisotopic (exact) mass is 350 g/mol. The van der Waals surface area contributed by atoms with E-state index in [4.69, 9.17) is 0 Å². The molecule has 2 N–H and O–H groups in total. The van der Waals surface area contributed by atoms with Crippen LogP contribution >= 0.6 is 0 Å². The average molecular weight is 351 g/mol. The Kier molecular flexibility index (Phi) is 8.92. The Hall–Kier alpha value is 0.366. The fourth-order valence-corrected chi connectivity index (χ4v) is 3.11. The maximum absolute atomic E-state index is 11.0. The van der Waals surface area contributed by atoms with Gasteiger partial charge in [-0.25, -0.2) is 8.42 Å². The van der Waals surface area contributed by atoms with Crippen molar-refractivity contribution in [2.45, 2.75) is 62.9 Å². The summed E-state index contributed by atoms with van der Waals surface area (Å²) in [6.07, 6.45) is 8.59.